The largest absolute Gasteiger partial charge is 0.497 e. The first-order valence-corrected chi connectivity index (χ1v) is 19.1. The highest BCUT2D eigenvalue weighted by atomic mass is 35.5. The molecular formula is C43H39Cl2N3O7. The van der Waals surface area contributed by atoms with Crippen LogP contribution in [0, 0.1) is 23.7 Å². The molecular weight excluding hydrogens is 741 g/mol. The zero-order chi connectivity index (χ0) is 38.6. The molecule has 2 saturated heterocycles. The third-order valence-corrected chi connectivity index (χ3v) is 12.3. The number of rotatable bonds is 10. The molecule has 10 nitrogen and oxygen atoms in total. The lowest BCUT2D eigenvalue weighted by Crippen LogP contribution is -2.53. The molecule has 0 radical (unpaired) electrons. The lowest BCUT2D eigenvalue weighted by Gasteiger charge is -2.50. The second-order valence-corrected chi connectivity index (χ2v) is 15.2. The second kappa shape index (κ2) is 14.5. The summed E-state index contributed by atoms with van der Waals surface area (Å²) in [4.78, 5) is 60.4. The number of allylic oxidation sites excluding steroid dienone is 2. The quantitative estimate of drug-likeness (QED) is 0.129. The summed E-state index contributed by atoms with van der Waals surface area (Å²) >= 11 is 12.8. The zero-order valence-electron chi connectivity index (χ0n) is 30.2. The van der Waals surface area contributed by atoms with E-state index in [0.29, 0.717) is 39.9 Å². The highest BCUT2D eigenvalue weighted by Gasteiger charge is 2.70. The van der Waals surface area contributed by atoms with Gasteiger partial charge in [-0.15, -0.1) is 0 Å². The Morgan fingerprint density at radius 3 is 2.22 bits per heavy atom. The number of nitrogens with zero attached hydrogens (tertiary/aromatic N) is 2. The number of anilines is 2. The van der Waals surface area contributed by atoms with Crippen LogP contribution in [0.1, 0.15) is 42.4 Å². The minimum atomic E-state index is -1.49. The van der Waals surface area contributed by atoms with Gasteiger partial charge in [0.25, 0.3) is 11.8 Å². The van der Waals surface area contributed by atoms with Crippen LogP contribution in [0.25, 0.3) is 0 Å². The topological polar surface area (TPSA) is 125 Å². The summed E-state index contributed by atoms with van der Waals surface area (Å²) in [6.07, 6.45) is 3.28. The summed E-state index contributed by atoms with van der Waals surface area (Å²) in [5, 5.41) is 11.0. The molecule has 1 saturated carbocycles. The number of methoxy groups -OCH3 is 1. The van der Waals surface area contributed by atoms with Crippen molar-refractivity contribution in [3.05, 3.63) is 129 Å². The molecule has 0 spiro atoms. The molecule has 2 aliphatic heterocycles. The molecule has 0 aromatic heterocycles. The average Bonchev–Trinajstić information content (AvgIpc) is 3.58. The number of aryl methyl sites for hydroxylation is 1. The van der Waals surface area contributed by atoms with Crippen molar-refractivity contribution in [3.8, 4) is 11.5 Å². The Bertz CT molecular complexity index is 2210. The molecule has 4 aliphatic rings. The van der Waals surface area contributed by atoms with Crippen LogP contribution in [0.5, 0.6) is 11.5 Å². The van der Waals surface area contributed by atoms with E-state index in [-0.39, 0.29) is 36.5 Å². The summed E-state index contributed by atoms with van der Waals surface area (Å²) in [6.45, 7) is 1.98. The summed E-state index contributed by atoms with van der Waals surface area (Å²) in [6, 6.07) is 26.7. The fourth-order valence-corrected chi connectivity index (χ4v) is 9.72. The standard InChI is InChI=1S/C43H39Cl2N3O7/c1-3-24-4-11-28(12-5-24)47-39(50)32-18-17-31-33(37(32)41(47)52)23-34-40(51)48(46-36-19-10-27(44)22-35(36)45)42(53)43(34,26-8-15-29(54-2)16-9-26)38(31)25-6-13-30(14-7-25)55-21-20-49/h4-17,19,22,32-34,37-38,46,49H,3,18,20-21,23H2,1-2H3/t32-,33+,34-,37-,38-,43+/m0/s1. The molecule has 0 bridgehead atoms. The van der Waals surface area contributed by atoms with Crippen molar-refractivity contribution in [1.82, 2.24) is 5.01 Å². The lowest BCUT2D eigenvalue weighted by atomic mass is 9.49. The number of benzene rings is 4. The lowest BCUT2D eigenvalue weighted by molar-refractivity contribution is -0.138. The van der Waals surface area contributed by atoms with Gasteiger partial charge in [0, 0.05) is 10.9 Å². The second-order valence-electron chi connectivity index (χ2n) is 14.4. The van der Waals surface area contributed by atoms with Crippen LogP contribution < -0.4 is 19.8 Å². The van der Waals surface area contributed by atoms with Crippen molar-refractivity contribution in [2.75, 3.05) is 30.6 Å². The molecule has 0 unspecified atom stereocenters. The summed E-state index contributed by atoms with van der Waals surface area (Å²) < 4.78 is 11.2. The van der Waals surface area contributed by atoms with Gasteiger partial charge < -0.3 is 14.6 Å². The Balaban J connectivity index is 1.30. The van der Waals surface area contributed by atoms with Gasteiger partial charge in [-0.3, -0.25) is 29.5 Å². The minimum absolute atomic E-state index is 0.103. The molecule has 4 aromatic carbocycles. The van der Waals surface area contributed by atoms with Gasteiger partial charge in [0.05, 0.1) is 53.3 Å². The molecule has 6 atom stereocenters. The van der Waals surface area contributed by atoms with Crippen molar-refractivity contribution < 1.29 is 33.8 Å². The van der Waals surface area contributed by atoms with Gasteiger partial charge in [-0.25, -0.2) is 0 Å². The fraction of sp³-hybridized carbons (Fsp3) is 0.302. The smallest absolute Gasteiger partial charge is 0.260 e. The van der Waals surface area contributed by atoms with Crippen molar-refractivity contribution in [2.45, 2.75) is 37.5 Å². The first-order valence-electron chi connectivity index (χ1n) is 18.4. The van der Waals surface area contributed by atoms with Gasteiger partial charge in [0.2, 0.25) is 11.8 Å². The molecule has 8 rings (SSSR count). The van der Waals surface area contributed by atoms with Gasteiger partial charge in [0.1, 0.15) is 18.1 Å². The number of ether oxygens (including phenoxy) is 2. The van der Waals surface area contributed by atoms with E-state index < -0.39 is 46.8 Å². The predicted molar refractivity (Wildman–Crippen MR) is 208 cm³/mol. The maximum Gasteiger partial charge on any atom is 0.260 e. The monoisotopic (exact) mass is 779 g/mol. The predicted octanol–water partition coefficient (Wildman–Crippen LogP) is 7.13. The van der Waals surface area contributed by atoms with Crippen molar-refractivity contribution in [3.63, 3.8) is 0 Å². The SMILES string of the molecule is CCc1ccc(N2C(=O)[C@H]3[C@H](CC=C4[C@H]3C[C@H]3C(=O)N(Nc5ccc(Cl)cc5Cl)C(=O)[C@@]3(c3ccc(OC)cc3)[C@H]4c3ccc(OCCO)cc3)C2=O)cc1. The highest BCUT2D eigenvalue weighted by molar-refractivity contribution is 6.36. The van der Waals surface area contributed by atoms with Gasteiger partial charge in [0.15, 0.2) is 0 Å². The number of carbonyl (C=O) groups is 4. The molecule has 2 heterocycles. The fourth-order valence-electron chi connectivity index (χ4n) is 9.27. The molecule has 4 amide bonds. The third-order valence-electron chi connectivity index (χ3n) is 11.8. The molecule has 4 aromatic rings. The van der Waals surface area contributed by atoms with Crippen molar-refractivity contribution in [2.24, 2.45) is 23.7 Å². The van der Waals surface area contributed by atoms with Crippen LogP contribution in [0.15, 0.2) is 103 Å². The molecule has 55 heavy (non-hydrogen) atoms. The molecule has 282 valence electrons. The van der Waals surface area contributed by atoms with E-state index in [1.807, 2.05) is 61.5 Å². The van der Waals surface area contributed by atoms with Gasteiger partial charge in [-0.05, 0) is 96.5 Å². The molecule has 2 aliphatic carbocycles. The Morgan fingerprint density at radius 1 is 0.855 bits per heavy atom. The molecule has 3 fully saturated rings. The van der Waals surface area contributed by atoms with Crippen LogP contribution in [-0.2, 0) is 31.0 Å². The summed E-state index contributed by atoms with van der Waals surface area (Å²) in [5.74, 6) is -4.02. The number of imide groups is 2. The first-order chi connectivity index (χ1) is 26.6. The number of hydrazine groups is 1. The number of hydrogen-bond acceptors (Lipinski definition) is 8. The number of aliphatic hydroxyl groups excluding tert-OH is 1. The van der Waals surface area contributed by atoms with Crippen LogP contribution in [-0.4, -0.2) is 54.1 Å². The van der Waals surface area contributed by atoms with Crippen molar-refractivity contribution >= 4 is 58.2 Å². The van der Waals surface area contributed by atoms with Crippen LogP contribution in [0.3, 0.4) is 0 Å². The minimum Gasteiger partial charge on any atom is -0.497 e. The van der Waals surface area contributed by atoms with E-state index in [2.05, 4.69) is 5.43 Å². The first kappa shape index (κ1) is 36.8. The maximum atomic E-state index is 15.4. The Hall–Kier alpha value is -5.16. The van der Waals surface area contributed by atoms with Gasteiger partial charge in [-0.1, -0.05) is 78.2 Å². The van der Waals surface area contributed by atoms with Crippen LogP contribution in [0.2, 0.25) is 10.0 Å². The number of amides is 4. The zero-order valence-corrected chi connectivity index (χ0v) is 31.7. The normalized spacial score (nSPS) is 25.7. The van der Waals surface area contributed by atoms with Gasteiger partial charge in [-0.2, -0.15) is 5.01 Å². The molecule has 12 heteroatoms. The van der Waals surface area contributed by atoms with E-state index in [1.165, 1.54) is 11.0 Å². The number of fused-ring (bicyclic) bond motifs is 4. The van der Waals surface area contributed by atoms with Gasteiger partial charge >= 0.3 is 0 Å². The molecule has 2 N–H and O–H groups in total. The van der Waals surface area contributed by atoms with E-state index in [0.717, 1.165) is 28.1 Å². The number of aliphatic hydroxyl groups is 1. The maximum absolute atomic E-state index is 15.4. The third kappa shape index (κ3) is 5.89. The number of halogens is 2. The Morgan fingerprint density at radius 2 is 1.56 bits per heavy atom. The van der Waals surface area contributed by atoms with Crippen LogP contribution >= 0.6 is 23.2 Å². The van der Waals surface area contributed by atoms with Crippen molar-refractivity contribution in [1.29, 1.82) is 0 Å². The van der Waals surface area contributed by atoms with E-state index >= 15 is 4.79 Å². The Kier molecular flexibility index (Phi) is 9.69. The highest BCUT2D eigenvalue weighted by Crippen LogP contribution is 2.64. The number of carbonyl (C=O) groups excluding carboxylic acids is 4. The summed E-state index contributed by atoms with van der Waals surface area (Å²) in [7, 11) is 1.56. The van der Waals surface area contributed by atoms with E-state index in [9.17, 15) is 19.5 Å². The van der Waals surface area contributed by atoms with E-state index in [1.54, 1.807) is 43.5 Å². The average molecular weight is 781 g/mol. The van der Waals surface area contributed by atoms with E-state index in [4.69, 9.17) is 32.7 Å². The Labute approximate surface area is 328 Å². The number of nitrogens with one attached hydrogen (secondary N) is 1. The summed E-state index contributed by atoms with van der Waals surface area (Å²) in [5.41, 5.74) is 5.61. The van der Waals surface area contributed by atoms with Crippen LogP contribution in [0.4, 0.5) is 11.4 Å². The number of hydrogen-bond donors (Lipinski definition) is 2.